The second-order valence-corrected chi connectivity index (χ2v) is 11.9. The van der Waals surface area contributed by atoms with Crippen LogP contribution in [0.1, 0.15) is 110 Å². The Morgan fingerprint density at radius 3 is 1.21 bits per heavy atom. The molecule has 10 heteroatoms. The first kappa shape index (κ1) is 36.0. The van der Waals surface area contributed by atoms with Gasteiger partial charge in [-0.25, -0.2) is 0 Å². The van der Waals surface area contributed by atoms with E-state index in [-0.39, 0.29) is 6.61 Å². The van der Waals surface area contributed by atoms with Gasteiger partial charge in [0.05, 0.1) is 40.5 Å². The van der Waals surface area contributed by atoms with Crippen LogP contribution in [0.5, 0.6) is 0 Å². The Bertz CT molecular complexity index is 449. The Labute approximate surface area is 204 Å². The third-order valence-corrected chi connectivity index (χ3v) is 5.69. The number of rotatable bonds is 22. The van der Waals surface area contributed by atoms with Gasteiger partial charge >= 0.3 is 33.0 Å². The summed E-state index contributed by atoms with van der Waals surface area (Å²) in [6.45, 7) is 5.93. The number of hydrogen-bond acceptors (Lipinski definition) is 2. The van der Waals surface area contributed by atoms with Gasteiger partial charge in [-0.2, -0.15) is 0 Å². The van der Waals surface area contributed by atoms with Crippen molar-refractivity contribution in [1.29, 1.82) is 0 Å². The number of hydrogen-bond donors (Lipinski definition) is 1. The fourth-order valence-corrected chi connectivity index (χ4v) is 3.68. The number of nitrogens with zero attached hydrogens (tertiary/aromatic N) is 1. The van der Waals surface area contributed by atoms with Gasteiger partial charge in [-0.05, 0) is 12.8 Å². The zero-order chi connectivity index (χ0) is 26.5. The predicted molar refractivity (Wildman–Crippen MR) is 133 cm³/mol. The number of halogens is 6. The standard InChI is InChI=1S/C24H52NO2.F6P/c1-4-5-6-7-8-9-10-11-12-13-14-15-16-17-18-19-20-25(2,3)21-23-27-24-22-26;1-7(2,3,4,5)6/h26H,4-24H2,1-3H3;/q+1;-1. The molecule has 3 nitrogen and oxygen atoms in total. The molecule has 0 bridgehead atoms. The Morgan fingerprint density at radius 2 is 0.882 bits per heavy atom. The number of aliphatic hydroxyl groups is 1. The van der Waals surface area contributed by atoms with Crippen molar-refractivity contribution in [2.45, 2.75) is 110 Å². The summed E-state index contributed by atoms with van der Waals surface area (Å²) in [7, 11) is -6.09. The van der Waals surface area contributed by atoms with Gasteiger partial charge in [-0.15, -0.1) is 0 Å². The van der Waals surface area contributed by atoms with E-state index in [1.807, 2.05) is 0 Å². The van der Waals surface area contributed by atoms with Gasteiger partial charge in [-0.3, -0.25) is 0 Å². The van der Waals surface area contributed by atoms with Crippen LogP contribution in [0.2, 0.25) is 0 Å². The molecule has 0 atom stereocenters. The fourth-order valence-electron chi connectivity index (χ4n) is 3.68. The molecule has 1 N–H and O–H groups in total. The Hall–Kier alpha value is -0.110. The van der Waals surface area contributed by atoms with Crippen LogP contribution in [0, 0.1) is 0 Å². The van der Waals surface area contributed by atoms with E-state index in [0.717, 1.165) is 17.6 Å². The summed E-state index contributed by atoms with van der Waals surface area (Å²) >= 11 is 0. The van der Waals surface area contributed by atoms with Crippen LogP contribution in [0.4, 0.5) is 25.2 Å². The fraction of sp³-hybridized carbons (Fsp3) is 1.00. The Kier molecular flexibility index (Phi) is 19.3. The van der Waals surface area contributed by atoms with E-state index >= 15 is 0 Å². The minimum absolute atomic E-state index is 0.132. The number of ether oxygens (including phenoxy) is 1. The first-order valence-corrected chi connectivity index (χ1v) is 15.2. The summed E-state index contributed by atoms with van der Waals surface area (Å²) in [5, 5.41) is 8.72. The van der Waals surface area contributed by atoms with Crippen molar-refractivity contribution >= 4 is 7.81 Å². The molecule has 0 amide bonds. The van der Waals surface area contributed by atoms with Crippen LogP contribution >= 0.6 is 7.81 Å². The van der Waals surface area contributed by atoms with Crippen LogP contribution in [0.15, 0.2) is 0 Å². The molecule has 0 rings (SSSR count). The molecule has 0 aliphatic carbocycles. The van der Waals surface area contributed by atoms with E-state index < -0.39 is 7.81 Å². The maximum atomic E-state index is 9.87. The average Bonchev–Trinajstić information content (AvgIpc) is 2.68. The predicted octanol–water partition coefficient (Wildman–Crippen LogP) is 9.72. The van der Waals surface area contributed by atoms with Crippen molar-refractivity contribution in [2.24, 2.45) is 0 Å². The molecule has 0 aromatic carbocycles. The molecule has 34 heavy (non-hydrogen) atoms. The van der Waals surface area contributed by atoms with Crippen molar-refractivity contribution in [2.75, 3.05) is 47.0 Å². The molecule has 0 fully saturated rings. The van der Waals surface area contributed by atoms with Gasteiger partial charge < -0.3 is 14.3 Å². The molecule has 0 spiro atoms. The monoisotopic (exact) mass is 531 g/mol. The third-order valence-electron chi connectivity index (χ3n) is 5.69. The first-order valence-electron chi connectivity index (χ1n) is 13.1. The normalized spacial score (nSPS) is 14.3. The summed E-state index contributed by atoms with van der Waals surface area (Å²) in [6, 6.07) is 0. The molecule has 0 aliphatic heterocycles. The molecule has 212 valence electrons. The van der Waals surface area contributed by atoms with Crippen molar-refractivity contribution in [3.63, 3.8) is 0 Å². The molecular formula is C24H52F6NO2P. The molecule has 0 saturated heterocycles. The molecule has 0 saturated carbocycles. The number of unbranched alkanes of at least 4 members (excludes halogenated alkanes) is 15. The second kappa shape index (κ2) is 18.2. The van der Waals surface area contributed by atoms with E-state index in [1.165, 1.54) is 109 Å². The molecule has 0 aliphatic rings. The zero-order valence-electron chi connectivity index (χ0n) is 21.9. The number of aliphatic hydroxyl groups excluding tert-OH is 1. The second-order valence-electron chi connectivity index (χ2n) is 9.98. The quantitative estimate of drug-likeness (QED) is 0.0652. The Morgan fingerprint density at radius 1 is 0.559 bits per heavy atom. The summed E-state index contributed by atoms with van der Waals surface area (Å²) in [5.41, 5.74) is 0. The van der Waals surface area contributed by atoms with E-state index in [0.29, 0.717) is 6.61 Å². The molecule has 0 heterocycles. The van der Waals surface area contributed by atoms with Gasteiger partial charge in [0.2, 0.25) is 0 Å². The van der Waals surface area contributed by atoms with Crippen molar-refractivity contribution in [3.8, 4) is 0 Å². The van der Waals surface area contributed by atoms with Gasteiger partial charge in [-0.1, -0.05) is 96.8 Å². The summed E-state index contributed by atoms with van der Waals surface area (Å²) in [4.78, 5) is 0. The van der Waals surface area contributed by atoms with E-state index in [4.69, 9.17) is 9.84 Å². The molecule has 0 aromatic heterocycles. The Balaban J connectivity index is 0. The van der Waals surface area contributed by atoms with E-state index in [9.17, 15) is 25.2 Å². The topological polar surface area (TPSA) is 29.5 Å². The third kappa shape index (κ3) is 45.4. The molecule has 0 aromatic rings. The van der Waals surface area contributed by atoms with Crippen molar-refractivity contribution < 1.29 is 39.5 Å². The van der Waals surface area contributed by atoms with Crippen LogP contribution in [-0.2, 0) is 4.74 Å². The average molecular weight is 532 g/mol. The number of quaternary nitrogens is 1. The molecule has 0 unspecified atom stereocenters. The minimum atomic E-state index is -10.7. The van der Waals surface area contributed by atoms with Gasteiger partial charge in [0.15, 0.2) is 0 Å². The van der Waals surface area contributed by atoms with Gasteiger partial charge in [0.1, 0.15) is 6.54 Å². The van der Waals surface area contributed by atoms with Gasteiger partial charge in [0, 0.05) is 0 Å². The first-order chi connectivity index (χ1) is 15.6. The van der Waals surface area contributed by atoms with Crippen LogP contribution in [0.3, 0.4) is 0 Å². The van der Waals surface area contributed by atoms with Crippen molar-refractivity contribution in [3.05, 3.63) is 0 Å². The summed E-state index contributed by atoms with van der Waals surface area (Å²) in [5.74, 6) is 0. The summed E-state index contributed by atoms with van der Waals surface area (Å²) < 4.78 is 65.6. The number of likely N-dealkylation sites (N-methyl/N-ethyl adjacent to an activating group) is 1. The van der Waals surface area contributed by atoms with E-state index in [1.54, 1.807) is 0 Å². The van der Waals surface area contributed by atoms with Crippen molar-refractivity contribution in [1.82, 2.24) is 0 Å². The molecular weight excluding hydrogens is 479 g/mol. The van der Waals surface area contributed by atoms with Gasteiger partial charge in [0.25, 0.3) is 0 Å². The van der Waals surface area contributed by atoms with Crippen LogP contribution < -0.4 is 0 Å². The van der Waals surface area contributed by atoms with Crippen LogP contribution in [0.25, 0.3) is 0 Å². The SMILES string of the molecule is CCCCCCCCCCCCCCCCCC[N+](C)(C)CCOCCO.F[P-](F)(F)(F)(F)F. The maximum absolute atomic E-state index is 10.7. The summed E-state index contributed by atoms with van der Waals surface area (Å²) in [6.07, 6.45) is 22.9. The van der Waals surface area contributed by atoms with Crippen LogP contribution in [-0.4, -0.2) is 56.6 Å². The molecule has 0 radical (unpaired) electrons. The zero-order valence-corrected chi connectivity index (χ0v) is 22.8. The van der Waals surface area contributed by atoms with E-state index in [2.05, 4.69) is 21.0 Å².